The maximum absolute atomic E-state index is 12.1. The molecule has 1 aromatic carbocycles. The quantitative estimate of drug-likeness (QED) is 0.825. The fourth-order valence-corrected chi connectivity index (χ4v) is 3.45. The molecule has 7 heteroatoms. The molecule has 0 radical (unpaired) electrons. The number of benzene rings is 1. The summed E-state index contributed by atoms with van der Waals surface area (Å²) in [5, 5.41) is 3.18. The maximum Gasteiger partial charge on any atom is 0.360 e. The molecule has 0 unspecified atom stereocenters. The number of hydrogen-bond acceptors (Lipinski definition) is 6. The van der Waals surface area contributed by atoms with Crippen LogP contribution in [0.15, 0.2) is 27.4 Å². The average Bonchev–Trinajstić information content (AvgIpc) is 2.58. The second-order valence-corrected chi connectivity index (χ2v) is 7.31. The van der Waals surface area contributed by atoms with Crippen LogP contribution in [0.5, 0.6) is 5.75 Å². The first-order valence-electron chi connectivity index (χ1n) is 8.93. The number of carbonyl (C=O) groups is 1. The first-order valence-corrected chi connectivity index (χ1v) is 8.93. The molecule has 27 heavy (non-hydrogen) atoms. The van der Waals surface area contributed by atoms with Gasteiger partial charge in [0.1, 0.15) is 17.0 Å². The Balaban J connectivity index is 1.87. The number of rotatable bonds is 4. The maximum atomic E-state index is 12.1. The molecular formula is C20H25NO6. The van der Waals surface area contributed by atoms with Gasteiger partial charge in [-0.15, -0.1) is 0 Å². The van der Waals surface area contributed by atoms with Crippen molar-refractivity contribution in [2.45, 2.75) is 58.5 Å². The van der Waals surface area contributed by atoms with Gasteiger partial charge in [-0.2, -0.15) is 0 Å². The topological polar surface area (TPSA) is 87.0 Å². The van der Waals surface area contributed by atoms with Crippen LogP contribution in [-0.2, 0) is 14.3 Å². The summed E-state index contributed by atoms with van der Waals surface area (Å²) in [4.78, 5) is 23.3. The molecule has 0 aliphatic carbocycles. The summed E-state index contributed by atoms with van der Waals surface area (Å²) < 4.78 is 23.0. The molecule has 1 aromatic heterocycles. The molecule has 7 nitrogen and oxygen atoms in total. The Kier molecular flexibility index (Phi) is 5.26. The van der Waals surface area contributed by atoms with Gasteiger partial charge in [0.2, 0.25) is 12.2 Å². The van der Waals surface area contributed by atoms with Crippen LogP contribution in [0, 0.1) is 6.92 Å². The van der Waals surface area contributed by atoms with E-state index in [1.807, 2.05) is 26.8 Å². The molecule has 1 aliphatic heterocycles. The van der Waals surface area contributed by atoms with E-state index in [1.54, 1.807) is 19.2 Å². The second-order valence-electron chi connectivity index (χ2n) is 7.31. The predicted molar refractivity (Wildman–Crippen MR) is 101 cm³/mol. The van der Waals surface area contributed by atoms with Crippen molar-refractivity contribution in [2.75, 3.05) is 12.4 Å². The summed E-state index contributed by atoms with van der Waals surface area (Å²) >= 11 is 0. The first kappa shape index (κ1) is 19.4. The Hall–Kier alpha value is -2.38. The number of hydrogen-bond donors (Lipinski definition) is 1. The fourth-order valence-electron chi connectivity index (χ4n) is 3.45. The largest absolute Gasteiger partial charge is 0.465 e. The molecule has 1 fully saturated rings. The van der Waals surface area contributed by atoms with E-state index in [2.05, 4.69) is 5.32 Å². The molecule has 1 N–H and O–H groups in total. The minimum atomic E-state index is -0.601. The Labute approximate surface area is 157 Å². The lowest BCUT2D eigenvalue weighted by molar-refractivity contribution is -0.233. The van der Waals surface area contributed by atoms with Crippen LogP contribution < -0.4 is 15.7 Å². The van der Waals surface area contributed by atoms with Crippen molar-refractivity contribution in [3.05, 3.63) is 34.2 Å². The molecule has 0 saturated carbocycles. The lowest BCUT2D eigenvalue weighted by atomic mass is 9.94. The van der Waals surface area contributed by atoms with E-state index >= 15 is 0 Å². The van der Waals surface area contributed by atoms with Crippen LogP contribution in [-0.4, -0.2) is 31.0 Å². The SMILES string of the molecule is CO[C@@H]1CC[C@H](Oc2ccc3cc(NC(C)=O)c(=O)oc3c2C)OC1(C)C. The average molecular weight is 375 g/mol. The molecule has 2 aromatic rings. The molecule has 146 valence electrons. The van der Waals surface area contributed by atoms with Crippen molar-refractivity contribution in [3.8, 4) is 5.75 Å². The van der Waals surface area contributed by atoms with Crippen molar-refractivity contribution in [2.24, 2.45) is 0 Å². The van der Waals surface area contributed by atoms with Gasteiger partial charge in [0.05, 0.1) is 11.7 Å². The summed E-state index contributed by atoms with van der Waals surface area (Å²) in [5.41, 5.74) is 0.190. The van der Waals surface area contributed by atoms with Crippen molar-refractivity contribution >= 4 is 22.6 Å². The minimum Gasteiger partial charge on any atom is -0.465 e. The second kappa shape index (κ2) is 7.32. The molecule has 1 saturated heterocycles. The van der Waals surface area contributed by atoms with E-state index in [-0.39, 0.29) is 17.7 Å². The van der Waals surface area contributed by atoms with Gasteiger partial charge in [0.15, 0.2) is 0 Å². The third-order valence-electron chi connectivity index (χ3n) is 4.83. The Morgan fingerprint density at radius 1 is 1.30 bits per heavy atom. The van der Waals surface area contributed by atoms with Crippen LogP contribution in [0.3, 0.4) is 0 Å². The van der Waals surface area contributed by atoms with E-state index in [1.165, 1.54) is 6.92 Å². The molecule has 0 spiro atoms. The number of ether oxygens (including phenoxy) is 3. The number of anilines is 1. The van der Waals surface area contributed by atoms with Crippen molar-refractivity contribution in [1.82, 2.24) is 0 Å². The van der Waals surface area contributed by atoms with Gasteiger partial charge in [-0.25, -0.2) is 4.79 Å². The molecular weight excluding hydrogens is 350 g/mol. The van der Waals surface area contributed by atoms with E-state index in [4.69, 9.17) is 18.6 Å². The van der Waals surface area contributed by atoms with Crippen molar-refractivity contribution in [3.63, 3.8) is 0 Å². The molecule has 1 amide bonds. The van der Waals surface area contributed by atoms with Gasteiger partial charge >= 0.3 is 5.63 Å². The number of fused-ring (bicyclic) bond motifs is 1. The van der Waals surface area contributed by atoms with Crippen molar-refractivity contribution in [1.29, 1.82) is 0 Å². The van der Waals surface area contributed by atoms with Crippen LogP contribution >= 0.6 is 0 Å². The summed E-state index contributed by atoms with van der Waals surface area (Å²) in [6, 6.07) is 5.20. The van der Waals surface area contributed by atoms with E-state index in [9.17, 15) is 9.59 Å². The Bertz CT molecular complexity index is 917. The summed E-state index contributed by atoms with van der Waals surface area (Å²) in [7, 11) is 1.68. The van der Waals surface area contributed by atoms with Crippen LogP contribution in [0.4, 0.5) is 5.69 Å². The summed E-state index contributed by atoms with van der Waals surface area (Å²) in [5.74, 6) is 0.263. The Morgan fingerprint density at radius 3 is 2.67 bits per heavy atom. The van der Waals surface area contributed by atoms with Crippen LogP contribution in [0.25, 0.3) is 11.0 Å². The monoisotopic (exact) mass is 375 g/mol. The van der Waals surface area contributed by atoms with E-state index in [0.29, 0.717) is 28.7 Å². The van der Waals surface area contributed by atoms with Gasteiger partial charge in [-0.1, -0.05) is 0 Å². The van der Waals surface area contributed by atoms with Gasteiger partial charge in [0.25, 0.3) is 0 Å². The van der Waals surface area contributed by atoms with Gasteiger partial charge in [0, 0.05) is 31.4 Å². The normalized spacial score (nSPS) is 21.8. The number of aryl methyl sites for hydroxylation is 1. The first-order chi connectivity index (χ1) is 12.7. The summed E-state index contributed by atoms with van der Waals surface area (Å²) in [6.07, 6.45) is 1.13. The third-order valence-corrected chi connectivity index (χ3v) is 4.83. The smallest absolute Gasteiger partial charge is 0.360 e. The third kappa shape index (κ3) is 3.99. The van der Waals surface area contributed by atoms with E-state index in [0.717, 1.165) is 6.42 Å². The highest BCUT2D eigenvalue weighted by Gasteiger charge is 2.39. The molecule has 0 bridgehead atoms. The number of amides is 1. The zero-order chi connectivity index (χ0) is 19.8. The standard InChI is InChI=1S/C20H25NO6/c1-11-15(25-17-9-8-16(24-5)20(3,4)27-17)7-6-13-10-14(21-12(2)22)19(23)26-18(11)13/h6-7,10,16-17H,8-9H2,1-5H3,(H,21,22)/t16-,17-/m1/s1. The predicted octanol–water partition coefficient (Wildman–Crippen LogP) is 3.37. The highest BCUT2D eigenvalue weighted by Crippen LogP contribution is 2.34. The zero-order valence-electron chi connectivity index (χ0n) is 16.3. The Morgan fingerprint density at radius 2 is 2.04 bits per heavy atom. The lowest BCUT2D eigenvalue weighted by Gasteiger charge is -2.41. The highest BCUT2D eigenvalue weighted by atomic mass is 16.7. The lowest BCUT2D eigenvalue weighted by Crippen LogP contribution is -2.49. The molecule has 2 heterocycles. The number of carbonyl (C=O) groups excluding carboxylic acids is 1. The molecule has 2 atom stereocenters. The molecule has 3 rings (SSSR count). The zero-order valence-corrected chi connectivity index (χ0v) is 16.3. The number of nitrogens with one attached hydrogen (secondary N) is 1. The van der Waals surface area contributed by atoms with Crippen molar-refractivity contribution < 1.29 is 23.4 Å². The van der Waals surface area contributed by atoms with Gasteiger partial charge in [-0.3, -0.25) is 4.79 Å². The summed E-state index contributed by atoms with van der Waals surface area (Å²) in [6.45, 7) is 7.12. The van der Waals surface area contributed by atoms with E-state index < -0.39 is 17.5 Å². The van der Waals surface area contributed by atoms with Crippen LogP contribution in [0.2, 0.25) is 0 Å². The minimum absolute atomic E-state index is 0.0141. The fraction of sp³-hybridized carbons (Fsp3) is 0.500. The van der Waals surface area contributed by atoms with Crippen LogP contribution in [0.1, 0.15) is 39.2 Å². The molecule has 1 aliphatic rings. The number of methoxy groups -OCH3 is 1. The highest BCUT2D eigenvalue weighted by molar-refractivity contribution is 5.91. The van der Waals surface area contributed by atoms with Gasteiger partial charge in [-0.05, 0) is 45.4 Å². The van der Waals surface area contributed by atoms with Gasteiger partial charge < -0.3 is 23.9 Å².